The summed E-state index contributed by atoms with van der Waals surface area (Å²) >= 11 is 1.52. The molecule has 1 aromatic heterocycles. The quantitative estimate of drug-likeness (QED) is 0.676. The van der Waals surface area contributed by atoms with E-state index in [2.05, 4.69) is 5.32 Å². The van der Waals surface area contributed by atoms with Crippen LogP contribution in [0.15, 0.2) is 41.8 Å². The van der Waals surface area contributed by atoms with Crippen LogP contribution in [0.1, 0.15) is 16.0 Å². The number of hydrogen-bond donors (Lipinski definition) is 1. The fourth-order valence-electron chi connectivity index (χ4n) is 1.75. The van der Waals surface area contributed by atoms with Crippen molar-refractivity contribution < 1.29 is 14.3 Å². The summed E-state index contributed by atoms with van der Waals surface area (Å²) in [6, 6.07) is 10.4. The minimum atomic E-state index is -0.585. The molecular weight excluding hydrogens is 312 g/mol. The average molecular weight is 326 g/mol. The number of thiophene rings is 1. The molecule has 1 amide bonds. The smallest absolute Gasteiger partial charge is 0.331 e. The lowest BCUT2D eigenvalue weighted by Crippen LogP contribution is -2.20. The van der Waals surface area contributed by atoms with Crippen molar-refractivity contribution in [2.75, 3.05) is 11.9 Å². The first-order valence-electron chi connectivity index (χ1n) is 6.77. The highest BCUT2D eigenvalue weighted by molar-refractivity contribution is 7.11. The number of rotatable bonds is 5. The van der Waals surface area contributed by atoms with Crippen molar-refractivity contribution >= 4 is 35.0 Å². The van der Waals surface area contributed by atoms with Gasteiger partial charge in [-0.2, -0.15) is 5.26 Å². The van der Waals surface area contributed by atoms with Crippen LogP contribution in [0.25, 0.3) is 6.08 Å². The van der Waals surface area contributed by atoms with Crippen molar-refractivity contribution in [1.29, 1.82) is 5.26 Å². The molecule has 0 saturated heterocycles. The van der Waals surface area contributed by atoms with Crippen molar-refractivity contribution in [2.24, 2.45) is 0 Å². The molecule has 0 atom stereocenters. The van der Waals surface area contributed by atoms with Crippen molar-refractivity contribution in [3.63, 3.8) is 0 Å². The van der Waals surface area contributed by atoms with Gasteiger partial charge in [-0.3, -0.25) is 4.79 Å². The van der Waals surface area contributed by atoms with E-state index in [-0.39, 0.29) is 6.61 Å². The highest BCUT2D eigenvalue weighted by Gasteiger charge is 2.06. The second-order valence-corrected chi connectivity index (χ2v) is 5.60. The summed E-state index contributed by atoms with van der Waals surface area (Å²) in [6.45, 7) is 1.56. The van der Waals surface area contributed by atoms with Gasteiger partial charge in [0.1, 0.15) is 0 Å². The number of benzene rings is 1. The molecule has 0 aliphatic carbocycles. The van der Waals surface area contributed by atoms with Crippen LogP contribution in [-0.2, 0) is 14.3 Å². The van der Waals surface area contributed by atoms with E-state index in [9.17, 15) is 9.59 Å². The minimum absolute atomic E-state index is 0.386. The molecule has 0 bridgehead atoms. The van der Waals surface area contributed by atoms with Gasteiger partial charge in [0.05, 0.1) is 11.6 Å². The maximum Gasteiger partial charge on any atom is 0.331 e. The average Bonchev–Trinajstić information content (AvgIpc) is 2.96. The molecule has 0 unspecified atom stereocenters. The van der Waals surface area contributed by atoms with Gasteiger partial charge in [-0.25, -0.2) is 4.79 Å². The maximum atomic E-state index is 11.7. The molecule has 2 rings (SSSR count). The number of carbonyl (C=O) groups is 2. The van der Waals surface area contributed by atoms with Gasteiger partial charge in [0, 0.05) is 16.6 Å². The molecule has 0 saturated carbocycles. The predicted octanol–water partition coefficient (Wildman–Crippen LogP) is 3.12. The number of carbonyl (C=O) groups excluding carboxylic acids is 2. The fourth-order valence-corrected chi connectivity index (χ4v) is 2.57. The molecule has 23 heavy (non-hydrogen) atoms. The third-order valence-electron chi connectivity index (χ3n) is 2.89. The van der Waals surface area contributed by atoms with Crippen molar-refractivity contribution in [2.45, 2.75) is 6.92 Å². The highest BCUT2D eigenvalue weighted by Crippen LogP contribution is 2.17. The number of anilines is 1. The number of nitriles is 1. The first kappa shape index (κ1) is 16.5. The molecule has 0 radical (unpaired) electrons. The van der Waals surface area contributed by atoms with Crippen molar-refractivity contribution in [3.05, 3.63) is 57.8 Å². The lowest BCUT2D eigenvalue weighted by molar-refractivity contribution is -0.142. The summed E-state index contributed by atoms with van der Waals surface area (Å²) in [6.07, 6.45) is 2.96. The highest BCUT2D eigenvalue weighted by atomic mass is 32.1. The van der Waals surface area contributed by atoms with E-state index < -0.39 is 11.9 Å². The molecule has 116 valence electrons. The first-order chi connectivity index (χ1) is 11.1. The minimum Gasteiger partial charge on any atom is -0.452 e. The topological polar surface area (TPSA) is 79.2 Å². The molecule has 6 heteroatoms. The van der Waals surface area contributed by atoms with E-state index in [0.717, 1.165) is 10.4 Å². The molecule has 5 nitrogen and oxygen atoms in total. The number of hydrogen-bond acceptors (Lipinski definition) is 5. The number of esters is 1. The Kier molecular flexibility index (Phi) is 5.67. The van der Waals surface area contributed by atoms with Gasteiger partial charge in [0.25, 0.3) is 5.91 Å². The number of ether oxygens (including phenoxy) is 1. The van der Waals surface area contributed by atoms with Crippen LogP contribution in [0.4, 0.5) is 5.69 Å². The largest absolute Gasteiger partial charge is 0.452 e. The van der Waals surface area contributed by atoms with E-state index in [0.29, 0.717) is 11.3 Å². The van der Waals surface area contributed by atoms with Crippen LogP contribution in [-0.4, -0.2) is 18.5 Å². The molecule has 1 N–H and O–H groups in total. The Hall–Kier alpha value is -2.91. The molecule has 0 aliphatic rings. The van der Waals surface area contributed by atoms with Gasteiger partial charge in [0.2, 0.25) is 0 Å². The van der Waals surface area contributed by atoms with Gasteiger partial charge < -0.3 is 10.1 Å². The van der Waals surface area contributed by atoms with E-state index >= 15 is 0 Å². The number of aryl methyl sites for hydroxylation is 1. The van der Waals surface area contributed by atoms with Crippen LogP contribution in [0.2, 0.25) is 0 Å². The van der Waals surface area contributed by atoms with Crippen LogP contribution in [0, 0.1) is 18.3 Å². The van der Waals surface area contributed by atoms with Gasteiger partial charge in [0.15, 0.2) is 6.61 Å². The first-order valence-corrected chi connectivity index (χ1v) is 7.65. The Morgan fingerprint density at radius 3 is 2.91 bits per heavy atom. The summed E-state index contributed by atoms with van der Waals surface area (Å²) in [5.74, 6) is -1.05. The van der Waals surface area contributed by atoms with Crippen LogP contribution < -0.4 is 5.32 Å². The zero-order valence-electron chi connectivity index (χ0n) is 12.4. The predicted molar refractivity (Wildman–Crippen MR) is 88.8 cm³/mol. The number of nitrogens with zero attached hydrogens (tertiary/aromatic N) is 1. The molecule has 1 aromatic carbocycles. The SMILES string of the molecule is Cc1ccsc1/C=C/C(=O)OCC(=O)Nc1cccc(C#N)c1. The van der Waals surface area contributed by atoms with Crippen LogP contribution >= 0.6 is 11.3 Å². The van der Waals surface area contributed by atoms with Gasteiger partial charge in [-0.15, -0.1) is 11.3 Å². The molecule has 0 fully saturated rings. The Morgan fingerprint density at radius 1 is 1.39 bits per heavy atom. The summed E-state index contributed by atoms with van der Waals surface area (Å²) in [5, 5.41) is 13.3. The van der Waals surface area contributed by atoms with Crippen LogP contribution in [0.3, 0.4) is 0 Å². The monoisotopic (exact) mass is 326 g/mol. The lowest BCUT2D eigenvalue weighted by atomic mass is 10.2. The van der Waals surface area contributed by atoms with E-state index in [4.69, 9.17) is 10.00 Å². The van der Waals surface area contributed by atoms with Gasteiger partial charge in [-0.1, -0.05) is 6.07 Å². The zero-order valence-corrected chi connectivity index (χ0v) is 13.2. The number of nitrogens with one attached hydrogen (secondary N) is 1. The van der Waals surface area contributed by atoms with Gasteiger partial charge >= 0.3 is 5.97 Å². The molecular formula is C17H14N2O3S. The Balaban J connectivity index is 1.82. The second-order valence-electron chi connectivity index (χ2n) is 4.65. The summed E-state index contributed by atoms with van der Waals surface area (Å²) in [4.78, 5) is 24.3. The van der Waals surface area contributed by atoms with Crippen molar-refractivity contribution in [1.82, 2.24) is 0 Å². The third-order valence-corrected chi connectivity index (χ3v) is 3.88. The number of amides is 1. The maximum absolute atomic E-state index is 11.7. The second kappa shape index (κ2) is 7.92. The zero-order chi connectivity index (χ0) is 16.7. The van der Waals surface area contributed by atoms with E-state index in [1.165, 1.54) is 17.4 Å². The normalized spacial score (nSPS) is 10.3. The van der Waals surface area contributed by atoms with Crippen LogP contribution in [0.5, 0.6) is 0 Å². The summed E-state index contributed by atoms with van der Waals surface area (Å²) in [7, 11) is 0. The Labute approximate surface area is 137 Å². The lowest BCUT2D eigenvalue weighted by Gasteiger charge is -2.05. The van der Waals surface area contributed by atoms with E-state index in [1.807, 2.05) is 24.4 Å². The summed E-state index contributed by atoms with van der Waals surface area (Å²) < 4.78 is 4.87. The molecule has 2 aromatic rings. The standard InChI is InChI=1S/C17H14N2O3S/c1-12-7-8-23-15(12)5-6-17(21)22-11-16(20)19-14-4-2-3-13(9-14)10-18/h2-9H,11H2,1H3,(H,19,20)/b6-5+. The molecule has 1 heterocycles. The molecule has 0 aliphatic heterocycles. The fraction of sp³-hybridized carbons (Fsp3) is 0.118. The Bertz CT molecular complexity index is 787. The van der Waals surface area contributed by atoms with Crippen molar-refractivity contribution in [3.8, 4) is 6.07 Å². The third kappa shape index (κ3) is 5.09. The van der Waals surface area contributed by atoms with E-state index in [1.54, 1.807) is 30.3 Å². The Morgan fingerprint density at radius 2 is 2.22 bits per heavy atom. The van der Waals surface area contributed by atoms with Gasteiger partial charge in [-0.05, 0) is 48.2 Å². The molecule has 0 spiro atoms. The summed E-state index contributed by atoms with van der Waals surface area (Å²) in [5.41, 5.74) is 2.00.